The van der Waals surface area contributed by atoms with Crippen molar-refractivity contribution in [3.05, 3.63) is 0 Å². The molecule has 1 saturated heterocycles. The minimum atomic E-state index is -0.117. The summed E-state index contributed by atoms with van der Waals surface area (Å²) in [7, 11) is 0. The SMILES string of the molecule is CCC1CCC(O)C(CN2CCCCC2CO)C1. The number of hydrogen-bond donors (Lipinski definition) is 2. The van der Waals surface area contributed by atoms with E-state index in [2.05, 4.69) is 11.8 Å². The van der Waals surface area contributed by atoms with Crippen molar-refractivity contribution >= 4 is 0 Å². The second kappa shape index (κ2) is 6.88. The van der Waals surface area contributed by atoms with Crippen molar-refractivity contribution in [2.45, 2.75) is 64.0 Å². The van der Waals surface area contributed by atoms with E-state index in [9.17, 15) is 10.2 Å². The Morgan fingerprint density at radius 3 is 2.72 bits per heavy atom. The highest BCUT2D eigenvalue weighted by atomic mass is 16.3. The molecule has 3 heteroatoms. The van der Waals surface area contributed by atoms with E-state index in [1.54, 1.807) is 0 Å². The normalized spacial score (nSPS) is 38.8. The van der Waals surface area contributed by atoms with E-state index in [-0.39, 0.29) is 12.7 Å². The maximum absolute atomic E-state index is 10.2. The second-order valence-electron chi connectivity index (χ2n) is 6.24. The molecule has 1 aliphatic carbocycles. The first kappa shape index (κ1) is 14.3. The van der Waals surface area contributed by atoms with Crippen LogP contribution in [0.25, 0.3) is 0 Å². The molecule has 1 aliphatic heterocycles. The average Bonchev–Trinajstić information content (AvgIpc) is 2.42. The van der Waals surface area contributed by atoms with Gasteiger partial charge >= 0.3 is 0 Å². The molecule has 0 aromatic rings. The summed E-state index contributed by atoms with van der Waals surface area (Å²) in [6.07, 6.45) is 8.07. The molecule has 1 heterocycles. The van der Waals surface area contributed by atoms with Crippen LogP contribution in [0.15, 0.2) is 0 Å². The Bertz CT molecular complexity index is 247. The maximum Gasteiger partial charge on any atom is 0.0586 e. The Balaban J connectivity index is 1.89. The molecule has 3 nitrogen and oxygen atoms in total. The first-order valence-electron chi connectivity index (χ1n) is 7.77. The molecule has 106 valence electrons. The topological polar surface area (TPSA) is 43.7 Å². The predicted octanol–water partition coefficient (Wildman–Crippen LogP) is 2.02. The van der Waals surface area contributed by atoms with E-state index < -0.39 is 0 Å². The van der Waals surface area contributed by atoms with Crippen LogP contribution in [0.4, 0.5) is 0 Å². The number of aliphatic hydroxyl groups is 2. The van der Waals surface area contributed by atoms with Crippen molar-refractivity contribution in [3.8, 4) is 0 Å². The summed E-state index contributed by atoms with van der Waals surface area (Å²) in [4.78, 5) is 2.43. The molecule has 0 aromatic heterocycles. The van der Waals surface area contributed by atoms with Crippen LogP contribution in [0.1, 0.15) is 51.9 Å². The first-order chi connectivity index (χ1) is 8.74. The minimum absolute atomic E-state index is 0.117. The summed E-state index contributed by atoms with van der Waals surface area (Å²) in [5.74, 6) is 1.23. The van der Waals surface area contributed by atoms with Gasteiger partial charge in [0.1, 0.15) is 0 Å². The fourth-order valence-corrected chi connectivity index (χ4v) is 3.72. The quantitative estimate of drug-likeness (QED) is 0.808. The van der Waals surface area contributed by atoms with Crippen molar-refractivity contribution in [2.24, 2.45) is 11.8 Å². The molecule has 0 amide bonds. The molecule has 0 spiro atoms. The molecule has 4 unspecified atom stereocenters. The molecule has 1 saturated carbocycles. The van der Waals surface area contributed by atoms with Crippen molar-refractivity contribution in [3.63, 3.8) is 0 Å². The maximum atomic E-state index is 10.2. The molecular formula is C15H29NO2. The average molecular weight is 255 g/mol. The Morgan fingerprint density at radius 1 is 1.17 bits per heavy atom. The minimum Gasteiger partial charge on any atom is -0.395 e. The molecule has 2 rings (SSSR count). The molecule has 2 N–H and O–H groups in total. The van der Waals surface area contributed by atoms with Crippen LogP contribution >= 0.6 is 0 Å². The lowest BCUT2D eigenvalue weighted by Gasteiger charge is -2.41. The zero-order valence-electron chi connectivity index (χ0n) is 11.7. The summed E-state index contributed by atoms with van der Waals surface area (Å²) in [6, 6.07) is 0.341. The van der Waals surface area contributed by atoms with Crippen LogP contribution in [-0.2, 0) is 0 Å². The van der Waals surface area contributed by atoms with Gasteiger partial charge < -0.3 is 10.2 Å². The van der Waals surface area contributed by atoms with E-state index in [0.717, 1.165) is 31.8 Å². The number of piperidine rings is 1. The van der Waals surface area contributed by atoms with Crippen molar-refractivity contribution in [2.75, 3.05) is 19.7 Å². The van der Waals surface area contributed by atoms with Crippen LogP contribution in [0.5, 0.6) is 0 Å². The smallest absolute Gasteiger partial charge is 0.0586 e. The highest BCUT2D eigenvalue weighted by molar-refractivity contribution is 4.85. The number of likely N-dealkylation sites (tertiary alicyclic amines) is 1. The zero-order chi connectivity index (χ0) is 13.0. The third-order valence-corrected chi connectivity index (χ3v) is 5.06. The van der Waals surface area contributed by atoms with Gasteiger partial charge in [-0.1, -0.05) is 19.8 Å². The third kappa shape index (κ3) is 3.46. The summed E-state index contributed by atoms with van der Waals surface area (Å²) in [6.45, 7) is 4.63. The summed E-state index contributed by atoms with van der Waals surface area (Å²) < 4.78 is 0. The van der Waals surface area contributed by atoms with E-state index in [0.29, 0.717) is 12.0 Å². The van der Waals surface area contributed by atoms with Crippen LogP contribution in [0.2, 0.25) is 0 Å². The summed E-state index contributed by atoms with van der Waals surface area (Å²) in [5.41, 5.74) is 0. The molecule has 2 aliphatic rings. The van der Waals surface area contributed by atoms with Gasteiger partial charge in [-0.3, -0.25) is 4.90 Å². The Morgan fingerprint density at radius 2 is 2.00 bits per heavy atom. The molecule has 0 bridgehead atoms. The van der Waals surface area contributed by atoms with Gasteiger partial charge in [-0.25, -0.2) is 0 Å². The van der Waals surface area contributed by atoms with Crippen molar-refractivity contribution in [1.82, 2.24) is 4.90 Å². The highest BCUT2D eigenvalue weighted by Gasteiger charge is 2.32. The van der Waals surface area contributed by atoms with Gasteiger partial charge in [-0.15, -0.1) is 0 Å². The Labute approximate surface area is 111 Å². The van der Waals surface area contributed by atoms with E-state index in [1.165, 1.54) is 32.1 Å². The van der Waals surface area contributed by atoms with Gasteiger partial charge in [0, 0.05) is 12.6 Å². The van der Waals surface area contributed by atoms with Crippen molar-refractivity contribution < 1.29 is 10.2 Å². The Hall–Kier alpha value is -0.120. The number of rotatable bonds is 4. The molecule has 2 fully saturated rings. The second-order valence-corrected chi connectivity index (χ2v) is 6.24. The van der Waals surface area contributed by atoms with Crippen LogP contribution in [0.3, 0.4) is 0 Å². The van der Waals surface area contributed by atoms with Crippen molar-refractivity contribution in [1.29, 1.82) is 0 Å². The Kier molecular flexibility index (Phi) is 5.46. The molecular weight excluding hydrogens is 226 g/mol. The summed E-state index contributed by atoms with van der Waals surface area (Å²) >= 11 is 0. The molecule has 0 aromatic carbocycles. The number of nitrogens with zero attached hydrogens (tertiary/aromatic N) is 1. The van der Waals surface area contributed by atoms with Crippen LogP contribution in [-0.4, -0.2) is 47.0 Å². The van der Waals surface area contributed by atoms with Crippen LogP contribution < -0.4 is 0 Å². The van der Waals surface area contributed by atoms with E-state index in [4.69, 9.17) is 0 Å². The van der Waals surface area contributed by atoms with Gasteiger partial charge in [-0.2, -0.15) is 0 Å². The largest absolute Gasteiger partial charge is 0.395 e. The predicted molar refractivity (Wildman–Crippen MR) is 73.4 cm³/mol. The van der Waals surface area contributed by atoms with Gasteiger partial charge in [0.05, 0.1) is 12.7 Å². The zero-order valence-corrected chi connectivity index (χ0v) is 11.7. The lowest BCUT2D eigenvalue weighted by Crippen LogP contribution is -2.47. The van der Waals surface area contributed by atoms with Crippen LogP contribution in [0, 0.1) is 11.8 Å². The highest BCUT2D eigenvalue weighted by Crippen LogP contribution is 2.33. The van der Waals surface area contributed by atoms with E-state index in [1.807, 2.05) is 0 Å². The monoisotopic (exact) mass is 255 g/mol. The third-order valence-electron chi connectivity index (χ3n) is 5.06. The standard InChI is InChI=1S/C15H29NO2/c1-2-12-6-7-15(18)13(9-12)10-16-8-4-3-5-14(16)11-17/h12-15,17-18H,2-11H2,1H3. The van der Waals surface area contributed by atoms with E-state index >= 15 is 0 Å². The first-order valence-corrected chi connectivity index (χ1v) is 7.77. The molecule has 0 radical (unpaired) electrons. The fourth-order valence-electron chi connectivity index (χ4n) is 3.72. The lowest BCUT2D eigenvalue weighted by atomic mass is 9.77. The lowest BCUT2D eigenvalue weighted by molar-refractivity contribution is 0.00217. The van der Waals surface area contributed by atoms with Gasteiger partial charge in [0.25, 0.3) is 0 Å². The van der Waals surface area contributed by atoms with Gasteiger partial charge in [-0.05, 0) is 50.5 Å². The molecule has 18 heavy (non-hydrogen) atoms. The number of hydrogen-bond acceptors (Lipinski definition) is 3. The fraction of sp³-hybridized carbons (Fsp3) is 1.00. The number of aliphatic hydroxyl groups excluding tert-OH is 2. The van der Waals surface area contributed by atoms with Gasteiger partial charge in [0.2, 0.25) is 0 Å². The summed E-state index contributed by atoms with van der Waals surface area (Å²) in [5, 5.41) is 19.6. The molecule has 4 atom stereocenters. The van der Waals surface area contributed by atoms with Gasteiger partial charge in [0.15, 0.2) is 0 Å².